The van der Waals surface area contributed by atoms with Crippen LogP contribution in [-0.2, 0) is 6.54 Å². The van der Waals surface area contributed by atoms with Crippen molar-refractivity contribution in [3.05, 3.63) is 59.9 Å². The quantitative estimate of drug-likeness (QED) is 0.790. The Morgan fingerprint density at radius 1 is 1.15 bits per heavy atom. The Morgan fingerprint density at radius 3 is 2.85 bits per heavy atom. The van der Waals surface area contributed by atoms with Gasteiger partial charge in [-0.15, -0.1) is 0 Å². The number of aryl methyl sites for hydroxylation is 1. The standard InChI is InChI=1S/C16H15N3O/c1-11-7-12(9-17)10-19-16(11)20-14-5-4-13-3-2-6-18-15(13)8-14/h2-8,10H,9,17H2,1H3. The zero-order chi connectivity index (χ0) is 13.9. The van der Waals surface area contributed by atoms with Gasteiger partial charge in [0.25, 0.3) is 0 Å². The lowest BCUT2D eigenvalue weighted by atomic mass is 10.2. The van der Waals surface area contributed by atoms with E-state index in [0.717, 1.165) is 27.8 Å². The molecule has 0 saturated carbocycles. The summed E-state index contributed by atoms with van der Waals surface area (Å²) < 4.78 is 5.82. The van der Waals surface area contributed by atoms with Crippen LogP contribution in [0.25, 0.3) is 10.9 Å². The molecule has 2 N–H and O–H groups in total. The van der Waals surface area contributed by atoms with Gasteiger partial charge >= 0.3 is 0 Å². The van der Waals surface area contributed by atoms with Gasteiger partial charge in [0.2, 0.25) is 5.88 Å². The summed E-state index contributed by atoms with van der Waals surface area (Å²) in [5.41, 5.74) is 8.46. The van der Waals surface area contributed by atoms with Gasteiger partial charge in [0.15, 0.2) is 0 Å². The summed E-state index contributed by atoms with van der Waals surface area (Å²) in [5, 5.41) is 1.09. The molecule has 0 spiro atoms. The minimum absolute atomic E-state index is 0.480. The van der Waals surface area contributed by atoms with Crippen molar-refractivity contribution < 1.29 is 4.74 Å². The Morgan fingerprint density at radius 2 is 2.05 bits per heavy atom. The van der Waals surface area contributed by atoms with Crippen molar-refractivity contribution in [1.29, 1.82) is 0 Å². The second-order valence-electron chi connectivity index (χ2n) is 4.63. The molecule has 20 heavy (non-hydrogen) atoms. The summed E-state index contributed by atoms with van der Waals surface area (Å²) in [6.07, 6.45) is 3.51. The number of benzene rings is 1. The van der Waals surface area contributed by atoms with Gasteiger partial charge in [-0.1, -0.05) is 6.07 Å². The Bertz CT molecular complexity index is 756. The number of aromatic nitrogens is 2. The number of ether oxygens (including phenoxy) is 1. The number of nitrogens with two attached hydrogens (primary N) is 1. The molecule has 0 bridgehead atoms. The third-order valence-corrected chi connectivity index (χ3v) is 3.11. The van der Waals surface area contributed by atoms with E-state index in [9.17, 15) is 0 Å². The van der Waals surface area contributed by atoms with Crippen LogP contribution in [0.4, 0.5) is 0 Å². The van der Waals surface area contributed by atoms with Gasteiger partial charge in [-0.05, 0) is 36.8 Å². The molecule has 4 heteroatoms. The lowest BCUT2D eigenvalue weighted by Gasteiger charge is -2.09. The van der Waals surface area contributed by atoms with Gasteiger partial charge in [0.05, 0.1) is 5.52 Å². The molecule has 3 aromatic rings. The first kappa shape index (κ1) is 12.6. The molecule has 0 aliphatic heterocycles. The number of hydrogen-bond acceptors (Lipinski definition) is 4. The van der Waals surface area contributed by atoms with Crippen molar-refractivity contribution in [1.82, 2.24) is 9.97 Å². The van der Waals surface area contributed by atoms with Crippen LogP contribution < -0.4 is 10.5 Å². The van der Waals surface area contributed by atoms with Crippen LogP contribution in [-0.4, -0.2) is 9.97 Å². The molecule has 4 nitrogen and oxygen atoms in total. The molecule has 0 unspecified atom stereocenters. The highest BCUT2D eigenvalue weighted by Gasteiger charge is 2.05. The van der Waals surface area contributed by atoms with Crippen LogP contribution in [0.5, 0.6) is 11.6 Å². The van der Waals surface area contributed by atoms with Gasteiger partial charge in [0.1, 0.15) is 5.75 Å². The highest BCUT2D eigenvalue weighted by atomic mass is 16.5. The predicted molar refractivity (Wildman–Crippen MR) is 78.7 cm³/mol. The van der Waals surface area contributed by atoms with Crippen molar-refractivity contribution >= 4 is 10.9 Å². The smallest absolute Gasteiger partial charge is 0.222 e. The Hall–Kier alpha value is -2.46. The van der Waals surface area contributed by atoms with E-state index in [2.05, 4.69) is 9.97 Å². The molecule has 1 aromatic carbocycles. The molecule has 0 saturated heterocycles. The number of nitrogens with zero attached hydrogens (tertiary/aromatic N) is 2. The topological polar surface area (TPSA) is 61.0 Å². The maximum absolute atomic E-state index is 5.82. The van der Waals surface area contributed by atoms with E-state index in [4.69, 9.17) is 10.5 Å². The maximum atomic E-state index is 5.82. The molecule has 0 fully saturated rings. The SMILES string of the molecule is Cc1cc(CN)cnc1Oc1ccc2cccnc2c1. The van der Waals surface area contributed by atoms with Crippen LogP contribution in [0.15, 0.2) is 48.8 Å². The second kappa shape index (κ2) is 5.27. The normalized spacial score (nSPS) is 10.7. The number of hydrogen-bond donors (Lipinski definition) is 1. The molecule has 100 valence electrons. The highest BCUT2D eigenvalue weighted by Crippen LogP contribution is 2.25. The van der Waals surface area contributed by atoms with E-state index in [1.807, 2.05) is 43.3 Å². The first-order chi connectivity index (χ1) is 9.76. The Balaban J connectivity index is 1.92. The Kier molecular flexibility index (Phi) is 3.31. The summed E-state index contributed by atoms with van der Waals surface area (Å²) in [4.78, 5) is 8.62. The molecule has 0 radical (unpaired) electrons. The summed E-state index contributed by atoms with van der Waals surface area (Å²) >= 11 is 0. The first-order valence-electron chi connectivity index (χ1n) is 6.44. The van der Waals surface area contributed by atoms with E-state index < -0.39 is 0 Å². The molecule has 2 aromatic heterocycles. The van der Waals surface area contributed by atoms with Crippen molar-refractivity contribution in [2.75, 3.05) is 0 Å². The van der Waals surface area contributed by atoms with Crippen LogP contribution >= 0.6 is 0 Å². The van der Waals surface area contributed by atoms with Gasteiger partial charge in [0, 0.05) is 36.0 Å². The van der Waals surface area contributed by atoms with Gasteiger partial charge in [-0.2, -0.15) is 0 Å². The molecule has 0 atom stereocenters. The molecule has 0 amide bonds. The number of fused-ring (bicyclic) bond motifs is 1. The summed E-state index contributed by atoms with van der Waals surface area (Å²) in [7, 11) is 0. The first-order valence-corrected chi connectivity index (χ1v) is 6.44. The lowest BCUT2D eigenvalue weighted by Crippen LogP contribution is -1.99. The largest absolute Gasteiger partial charge is 0.439 e. The number of rotatable bonds is 3. The minimum atomic E-state index is 0.480. The van der Waals surface area contributed by atoms with Crippen LogP contribution in [0.2, 0.25) is 0 Å². The van der Waals surface area contributed by atoms with E-state index in [0.29, 0.717) is 12.4 Å². The van der Waals surface area contributed by atoms with E-state index in [1.54, 1.807) is 12.4 Å². The minimum Gasteiger partial charge on any atom is -0.439 e. The molecular formula is C16H15N3O. The summed E-state index contributed by atoms with van der Waals surface area (Å²) in [6.45, 7) is 2.44. The average Bonchev–Trinajstić information content (AvgIpc) is 2.49. The van der Waals surface area contributed by atoms with Gasteiger partial charge < -0.3 is 10.5 Å². The molecular weight excluding hydrogens is 250 g/mol. The maximum Gasteiger partial charge on any atom is 0.222 e. The summed E-state index contributed by atoms with van der Waals surface area (Å²) in [6, 6.07) is 11.7. The molecule has 2 heterocycles. The zero-order valence-corrected chi connectivity index (χ0v) is 11.2. The Labute approximate surface area is 117 Å². The highest BCUT2D eigenvalue weighted by molar-refractivity contribution is 5.79. The van der Waals surface area contributed by atoms with Crippen molar-refractivity contribution in [3.8, 4) is 11.6 Å². The van der Waals surface area contributed by atoms with Crippen LogP contribution in [0, 0.1) is 6.92 Å². The van der Waals surface area contributed by atoms with Gasteiger partial charge in [-0.25, -0.2) is 4.98 Å². The molecule has 0 aliphatic rings. The van der Waals surface area contributed by atoms with E-state index in [1.165, 1.54) is 0 Å². The third-order valence-electron chi connectivity index (χ3n) is 3.11. The van der Waals surface area contributed by atoms with Gasteiger partial charge in [-0.3, -0.25) is 4.98 Å². The fourth-order valence-electron chi connectivity index (χ4n) is 2.06. The third kappa shape index (κ3) is 2.46. The molecule has 0 aliphatic carbocycles. The van der Waals surface area contributed by atoms with Crippen molar-refractivity contribution in [2.24, 2.45) is 5.73 Å². The summed E-state index contributed by atoms with van der Waals surface area (Å²) in [5.74, 6) is 1.32. The predicted octanol–water partition coefficient (Wildman–Crippen LogP) is 3.19. The lowest BCUT2D eigenvalue weighted by molar-refractivity contribution is 0.459. The average molecular weight is 265 g/mol. The van der Waals surface area contributed by atoms with Crippen LogP contribution in [0.3, 0.4) is 0 Å². The van der Waals surface area contributed by atoms with Crippen molar-refractivity contribution in [2.45, 2.75) is 13.5 Å². The number of pyridine rings is 2. The second-order valence-corrected chi connectivity index (χ2v) is 4.63. The van der Waals surface area contributed by atoms with Crippen LogP contribution in [0.1, 0.15) is 11.1 Å². The van der Waals surface area contributed by atoms with E-state index in [-0.39, 0.29) is 0 Å². The monoisotopic (exact) mass is 265 g/mol. The fraction of sp³-hybridized carbons (Fsp3) is 0.125. The van der Waals surface area contributed by atoms with Crippen molar-refractivity contribution in [3.63, 3.8) is 0 Å². The zero-order valence-electron chi connectivity index (χ0n) is 11.2. The molecule has 3 rings (SSSR count). The van der Waals surface area contributed by atoms with E-state index >= 15 is 0 Å². The fourth-order valence-corrected chi connectivity index (χ4v) is 2.06.